The van der Waals surface area contributed by atoms with Crippen molar-refractivity contribution in [2.24, 2.45) is 5.41 Å². The number of allylic oxidation sites excluding steroid dienone is 4. The zero-order valence-electron chi connectivity index (χ0n) is 15.7. The first kappa shape index (κ1) is 17.7. The van der Waals surface area contributed by atoms with Crippen LogP contribution in [0.3, 0.4) is 0 Å². The van der Waals surface area contributed by atoms with E-state index in [1.807, 2.05) is 6.92 Å². The maximum atomic E-state index is 12.5. The van der Waals surface area contributed by atoms with Gasteiger partial charge in [0.25, 0.3) is 0 Å². The summed E-state index contributed by atoms with van der Waals surface area (Å²) in [4.78, 5) is 12.5. The number of hydrogen-bond acceptors (Lipinski definition) is 1. The second kappa shape index (κ2) is 6.11. The van der Waals surface area contributed by atoms with E-state index in [0.717, 1.165) is 17.5 Å². The third kappa shape index (κ3) is 3.83. The molecule has 0 saturated carbocycles. The van der Waals surface area contributed by atoms with Gasteiger partial charge in [0.1, 0.15) is 0 Å². The maximum absolute atomic E-state index is 12.5. The number of carbonyl (C=O) groups is 1. The SMILES string of the molecule is CCC(=O)c1cc(C(C)(C)C)ccc1C1=CC(C(C)(C)C)=CC1. The van der Waals surface area contributed by atoms with Crippen molar-refractivity contribution in [2.75, 3.05) is 0 Å². The summed E-state index contributed by atoms with van der Waals surface area (Å²) in [6, 6.07) is 6.43. The van der Waals surface area contributed by atoms with E-state index in [0.29, 0.717) is 6.42 Å². The minimum absolute atomic E-state index is 0.0557. The van der Waals surface area contributed by atoms with Gasteiger partial charge in [-0.15, -0.1) is 0 Å². The maximum Gasteiger partial charge on any atom is 0.163 e. The first-order chi connectivity index (χ1) is 10.5. The lowest BCUT2D eigenvalue weighted by molar-refractivity contribution is 0.0988. The highest BCUT2D eigenvalue weighted by Crippen LogP contribution is 2.38. The van der Waals surface area contributed by atoms with E-state index in [1.165, 1.54) is 16.7 Å². The Balaban J connectivity index is 2.50. The summed E-state index contributed by atoms with van der Waals surface area (Å²) in [5.74, 6) is 0.233. The molecule has 0 radical (unpaired) electrons. The zero-order valence-corrected chi connectivity index (χ0v) is 15.7. The molecule has 0 atom stereocenters. The van der Waals surface area contributed by atoms with E-state index in [-0.39, 0.29) is 16.6 Å². The quantitative estimate of drug-likeness (QED) is 0.596. The Labute approximate surface area is 141 Å². The van der Waals surface area contributed by atoms with Gasteiger partial charge in [-0.2, -0.15) is 0 Å². The molecule has 1 nitrogen and oxygen atoms in total. The van der Waals surface area contributed by atoms with Gasteiger partial charge in [0.2, 0.25) is 0 Å². The molecular formula is C22H30O. The van der Waals surface area contributed by atoms with Gasteiger partial charge >= 0.3 is 0 Å². The van der Waals surface area contributed by atoms with Crippen LogP contribution in [0.4, 0.5) is 0 Å². The molecule has 0 unspecified atom stereocenters. The molecule has 0 amide bonds. The molecule has 1 aromatic carbocycles. The second-order valence-corrected chi connectivity index (χ2v) is 8.57. The fraction of sp³-hybridized carbons (Fsp3) is 0.500. The van der Waals surface area contributed by atoms with Gasteiger partial charge in [-0.1, -0.05) is 72.8 Å². The van der Waals surface area contributed by atoms with Crippen LogP contribution in [-0.4, -0.2) is 5.78 Å². The van der Waals surface area contributed by atoms with E-state index in [4.69, 9.17) is 0 Å². The van der Waals surface area contributed by atoms with Crippen LogP contribution in [0.15, 0.2) is 35.9 Å². The molecule has 0 aliphatic heterocycles. The number of hydrogen-bond donors (Lipinski definition) is 0. The average Bonchev–Trinajstić information content (AvgIpc) is 2.94. The Morgan fingerprint density at radius 3 is 2.17 bits per heavy atom. The van der Waals surface area contributed by atoms with Gasteiger partial charge in [-0.3, -0.25) is 4.79 Å². The van der Waals surface area contributed by atoms with E-state index >= 15 is 0 Å². The number of carbonyl (C=O) groups excluding carboxylic acids is 1. The Morgan fingerprint density at radius 1 is 1.04 bits per heavy atom. The molecule has 0 bridgehead atoms. The number of benzene rings is 1. The zero-order chi connectivity index (χ0) is 17.4. The Bertz CT molecular complexity index is 673. The number of ketones is 1. The topological polar surface area (TPSA) is 17.1 Å². The van der Waals surface area contributed by atoms with Crippen molar-refractivity contribution in [3.63, 3.8) is 0 Å². The van der Waals surface area contributed by atoms with E-state index in [2.05, 4.69) is 71.9 Å². The van der Waals surface area contributed by atoms with Gasteiger partial charge in [0.05, 0.1) is 0 Å². The summed E-state index contributed by atoms with van der Waals surface area (Å²) in [6.07, 6.45) is 6.05. The first-order valence-corrected chi connectivity index (χ1v) is 8.63. The van der Waals surface area contributed by atoms with Gasteiger partial charge in [0.15, 0.2) is 5.78 Å². The molecule has 23 heavy (non-hydrogen) atoms. The normalized spacial score (nSPS) is 15.4. The monoisotopic (exact) mass is 310 g/mol. The summed E-state index contributed by atoms with van der Waals surface area (Å²) in [7, 11) is 0. The molecule has 0 fully saturated rings. The van der Waals surface area contributed by atoms with Crippen LogP contribution < -0.4 is 0 Å². The van der Waals surface area contributed by atoms with Crippen molar-refractivity contribution in [1.82, 2.24) is 0 Å². The molecule has 1 aliphatic rings. The Kier molecular flexibility index (Phi) is 4.71. The summed E-state index contributed by atoms with van der Waals surface area (Å²) < 4.78 is 0. The second-order valence-electron chi connectivity index (χ2n) is 8.57. The van der Waals surface area contributed by atoms with Crippen molar-refractivity contribution in [1.29, 1.82) is 0 Å². The van der Waals surface area contributed by atoms with Gasteiger partial charge in [-0.05, 0) is 45.6 Å². The lowest BCUT2D eigenvalue weighted by Gasteiger charge is -2.21. The molecule has 2 rings (SSSR count). The summed E-state index contributed by atoms with van der Waals surface area (Å²) in [6.45, 7) is 15.2. The summed E-state index contributed by atoms with van der Waals surface area (Å²) in [5, 5.41) is 0. The van der Waals surface area contributed by atoms with Gasteiger partial charge in [0, 0.05) is 12.0 Å². The third-order valence-corrected chi connectivity index (χ3v) is 4.59. The lowest BCUT2D eigenvalue weighted by Crippen LogP contribution is -2.13. The van der Waals surface area contributed by atoms with Crippen molar-refractivity contribution in [2.45, 2.75) is 66.7 Å². The predicted molar refractivity (Wildman–Crippen MR) is 99.9 cm³/mol. The van der Waals surface area contributed by atoms with Crippen LogP contribution >= 0.6 is 0 Å². The molecule has 1 aliphatic carbocycles. The van der Waals surface area contributed by atoms with Crippen LogP contribution in [0.2, 0.25) is 0 Å². The minimum atomic E-state index is 0.0557. The Hall–Kier alpha value is -1.63. The first-order valence-electron chi connectivity index (χ1n) is 8.63. The van der Waals surface area contributed by atoms with Crippen molar-refractivity contribution in [3.05, 3.63) is 52.6 Å². The molecule has 0 saturated heterocycles. The highest BCUT2D eigenvalue weighted by molar-refractivity contribution is 6.01. The lowest BCUT2D eigenvalue weighted by atomic mass is 9.83. The van der Waals surface area contributed by atoms with E-state index < -0.39 is 0 Å². The van der Waals surface area contributed by atoms with Crippen LogP contribution in [0.25, 0.3) is 5.57 Å². The van der Waals surface area contributed by atoms with Crippen LogP contribution in [-0.2, 0) is 5.41 Å². The largest absolute Gasteiger partial charge is 0.294 e. The fourth-order valence-electron chi connectivity index (χ4n) is 2.95. The summed E-state index contributed by atoms with van der Waals surface area (Å²) in [5.41, 5.74) is 6.06. The van der Waals surface area contributed by atoms with Gasteiger partial charge in [-0.25, -0.2) is 0 Å². The molecular weight excluding hydrogens is 280 g/mol. The van der Waals surface area contributed by atoms with E-state index in [1.54, 1.807) is 0 Å². The molecule has 1 heteroatoms. The fourth-order valence-corrected chi connectivity index (χ4v) is 2.95. The van der Waals surface area contributed by atoms with Crippen molar-refractivity contribution < 1.29 is 4.79 Å². The van der Waals surface area contributed by atoms with Crippen molar-refractivity contribution >= 4 is 11.4 Å². The number of Topliss-reactive ketones (excluding diaryl/α,β-unsaturated/α-hetero) is 1. The van der Waals surface area contributed by atoms with Crippen LogP contribution in [0, 0.1) is 5.41 Å². The molecule has 0 spiro atoms. The predicted octanol–water partition coefficient (Wildman–Crippen LogP) is 6.34. The van der Waals surface area contributed by atoms with Gasteiger partial charge < -0.3 is 0 Å². The standard InChI is InChI=1S/C22H30O/c1-8-20(23)19-14-17(22(5,6)7)11-12-18(19)15-9-10-16(13-15)21(2,3)4/h10-14H,8-9H2,1-7H3. The van der Waals surface area contributed by atoms with E-state index in [9.17, 15) is 4.79 Å². The van der Waals surface area contributed by atoms with Crippen molar-refractivity contribution in [3.8, 4) is 0 Å². The third-order valence-electron chi connectivity index (χ3n) is 4.59. The minimum Gasteiger partial charge on any atom is -0.294 e. The highest BCUT2D eigenvalue weighted by Gasteiger charge is 2.23. The van der Waals surface area contributed by atoms with Crippen LogP contribution in [0.5, 0.6) is 0 Å². The molecule has 0 aromatic heterocycles. The number of rotatable bonds is 3. The van der Waals surface area contributed by atoms with Crippen LogP contribution in [0.1, 0.15) is 82.8 Å². The Morgan fingerprint density at radius 2 is 1.70 bits per heavy atom. The molecule has 0 N–H and O–H groups in total. The molecule has 1 aromatic rings. The average molecular weight is 310 g/mol. The highest BCUT2D eigenvalue weighted by atomic mass is 16.1. The molecule has 124 valence electrons. The summed E-state index contributed by atoms with van der Waals surface area (Å²) >= 11 is 0. The molecule has 0 heterocycles. The smallest absolute Gasteiger partial charge is 0.163 e.